The Morgan fingerprint density at radius 3 is 2.67 bits per heavy atom. The lowest BCUT2D eigenvalue weighted by Gasteiger charge is -2.15. The molecule has 104 valence electrons. The molecule has 1 aromatic heterocycles. The smallest absolute Gasteiger partial charge is 0.224 e. The van der Waals surface area contributed by atoms with Crippen molar-refractivity contribution in [2.45, 2.75) is 20.4 Å². The van der Waals surface area contributed by atoms with Crippen LogP contribution in [-0.2, 0) is 11.3 Å². The summed E-state index contributed by atoms with van der Waals surface area (Å²) in [6.07, 6.45) is 3.70. The van der Waals surface area contributed by atoms with E-state index in [1.165, 1.54) is 0 Å². The second-order valence-corrected chi connectivity index (χ2v) is 4.54. The quantitative estimate of drug-likeness (QED) is 0.777. The summed E-state index contributed by atoms with van der Waals surface area (Å²) in [5.74, 6) is 0.490. The van der Waals surface area contributed by atoms with Gasteiger partial charge in [-0.3, -0.25) is 9.48 Å². The molecule has 0 bridgehead atoms. The lowest BCUT2D eigenvalue weighted by atomic mass is 10.1. The molecular formula is C12H23ClN4O. The number of halogens is 1. The molecule has 0 aliphatic heterocycles. The van der Waals surface area contributed by atoms with Crippen molar-refractivity contribution in [3.63, 3.8) is 0 Å². The minimum Gasteiger partial charge on any atom is -0.355 e. The molecule has 0 aromatic carbocycles. The van der Waals surface area contributed by atoms with Gasteiger partial charge in [-0.15, -0.1) is 12.4 Å². The number of hydrogen-bond acceptors (Lipinski definition) is 3. The van der Waals surface area contributed by atoms with E-state index in [-0.39, 0.29) is 24.2 Å². The number of nitrogens with zero attached hydrogens (tertiary/aromatic N) is 2. The molecule has 1 amide bonds. The second kappa shape index (κ2) is 8.94. The van der Waals surface area contributed by atoms with Gasteiger partial charge in [0.1, 0.15) is 0 Å². The second-order valence-electron chi connectivity index (χ2n) is 4.54. The maximum atomic E-state index is 11.7. The van der Waals surface area contributed by atoms with Crippen LogP contribution in [0.5, 0.6) is 0 Å². The van der Waals surface area contributed by atoms with E-state index in [4.69, 9.17) is 0 Å². The molecule has 6 heteroatoms. The highest BCUT2D eigenvalue weighted by molar-refractivity contribution is 5.85. The summed E-state index contributed by atoms with van der Waals surface area (Å²) in [5, 5.41) is 10.1. The molecule has 0 fully saturated rings. The zero-order valence-electron chi connectivity index (χ0n) is 11.2. The van der Waals surface area contributed by atoms with Crippen molar-refractivity contribution >= 4 is 18.3 Å². The zero-order valence-corrected chi connectivity index (χ0v) is 12.0. The van der Waals surface area contributed by atoms with Gasteiger partial charge in [-0.05, 0) is 19.0 Å². The van der Waals surface area contributed by atoms with Crippen LogP contribution in [-0.4, -0.2) is 35.8 Å². The Morgan fingerprint density at radius 2 is 2.11 bits per heavy atom. The van der Waals surface area contributed by atoms with Crippen LogP contribution < -0.4 is 10.6 Å². The Labute approximate surface area is 115 Å². The zero-order chi connectivity index (χ0) is 12.7. The largest absolute Gasteiger partial charge is 0.355 e. The average molecular weight is 275 g/mol. The maximum absolute atomic E-state index is 11.7. The molecule has 2 atom stereocenters. The van der Waals surface area contributed by atoms with Crippen LogP contribution in [0, 0.1) is 11.8 Å². The van der Waals surface area contributed by atoms with E-state index in [9.17, 15) is 4.79 Å². The number of amides is 1. The fourth-order valence-corrected chi connectivity index (χ4v) is 1.64. The molecule has 0 radical (unpaired) electrons. The summed E-state index contributed by atoms with van der Waals surface area (Å²) in [6.45, 7) is 6.24. The van der Waals surface area contributed by atoms with Crippen molar-refractivity contribution in [2.24, 2.45) is 11.8 Å². The summed E-state index contributed by atoms with van der Waals surface area (Å²) >= 11 is 0. The standard InChI is InChI=1S/C12H22N4O.ClH/c1-10(9-16-6-4-5-15-16)7-14-12(17)11(2)8-13-3;/h4-6,10-11,13H,7-9H2,1-3H3,(H,14,17);1H. The SMILES string of the molecule is CNCC(C)C(=O)NCC(C)Cn1cccn1.Cl. The summed E-state index contributed by atoms with van der Waals surface area (Å²) in [6, 6.07) is 1.90. The van der Waals surface area contributed by atoms with E-state index in [2.05, 4.69) is 22.7 Å². The number of rotatable bonds is 7. The molecule has 0 aliphatic rings. The van der Waals surface area contributed by atoms with Gasteiger partial charge in [0.05, 0.1) is 0 Å². The maximum Gasteiger partial charge on any atom is 0.224 e. The molecule has 5 nitrogen and oxygen atoms in total. The molecule has 1 aromatic rings. The van der Waals surface area contributed by atoms with Gasteiger partial charge in [0.2, 0.25) is 5.91 Å². The monoisotopic (exact) mass is 274 g/mol. The van der Waals surface area contributed by atoms with Crippen molar-refractivity contribution in [3.05, 3.63) is 18.5 Å². The molecule has 1 rings (SSSR count). The van der Waals surface area contributed by atoms with Gasteiger partial charge in [0, 0.05) is 37.9 Å². The van der Waals surface area contributed by atoms with Gasteiger partial charge < -0.3 is 10.6 Å². The van der Waals surface area contributed by atoms with Crippen molar-refractivity contribution < 1.29 is 4.79 Å². The first-order chi connectivity index (χ1) is 8.13. The molecule has 2 N–H and O–H groups in total. The van der Waals surface area contributed by atoms with E-state index in [1.807, 2.05) is 30.9 Å². The topological polar surface area (TPSA) is 59.0 Å². The molecule has 1 heterocycles. The average Bonchev–Trinajstić information content (AvgIpc) is 2.79. The highest BCUT2D eigenvalue weighted by atomic mass is 35.5. The van der Waals surface area contributed by atoms with Crippen molar-refractivity contribution in [1.82, 2.24) is 20.4 Å². The van der Waals surface area contributed by atoms with Crippen molar-refractivity contribution in [1.29, 1.82) is 0 Å². The number of hydrogen-bond donors (Lipinski definition) is 2. The first-order valence-electron chi connectivity index (χ1n) is 6.03. The van der Waals surface area contributed by atoms with E-state index in [1.54, 1.807) is 6.20 Å². The predicted octanol–water partition coefficient (Wildman–Crippen LogP) is 0.913. The Balaban J connectivity index is 0.00000289. The van der Waals surface area contributed by atoms with Crippen LogP contribution in [0.15, 0.2) is 18.5 Å². The van der Waals surface area contributed by atoms with Crippen LogP contribution in [0.3, 0.4) is 0 Å². The minimum atomic E-state index is 0. The Morgan fingerprint density at radius 1 is 1.39 bits per heavy atom. The van der Waals surface area contributed by atoms with Gasteiger partial charge in [-0.1, -0.05) is 13.8 Å². The van der Waals surface area contributed by atoms with Gasteiger partial charge in [-0.25, -0.2) is 0 Å². The molecule has 18 heavy (non-hydrogen) atoms. The van der Waals surface area contributed by atoms with E-state index < -0.39 is 0 Å². The highest BCUT2D eigenvalue weighted by Crippen LogP contribution is 1.99. The molecule has 0 spiro atoms. The van der Waals surface area contributed by atoms with E-state index in [0.29, 0.717) is 19.0 Å². The van der Waals surface area contributed by atoms with Crippen molar-refractivity contribution in [2.75, 3.05) is 20.1 Å². The number of nitrogens with one attached hydrogen (secondary N) is 2. The Hall–Kier alpha value is -1.07. The lowest BCUT2D eigenvalue weighted by Crippen LogP contribution is -2.37. The Kier molecular flexibility index (Phi) is 8.41. The summed E-state index contributed by atoms with van der Waals surface area (Å²) < 4.78 is 1.88. The molecule has 0 saturated heterocycles. The molecule has 0 aliphatic carbocycles. The fourth-order valence-electron chi connectivity index (χ4n) is 1.64. The molecule has 0 saturated carbocycles. The van der Waals surface area contributed by atoms with Crippen LogP contribution in [0.2, 0.25) is 0 Å². The first kappa shape index (κ1) is 16.9. The third-order valence-corrected chi connectivity index (χ3v) is 2.64. The van der Waals surface area contributed by atoms with E-state index >= 15 is 0 Å². The lowest BCUT2D eigenvalue weighted by molar-refractivity contribution is -0.124. The summed E-state index contributed by atoms with van der Waals surface area (Å²) in [5.41, 5.74) is 0. The van der Waals surface area contributed by atoms with Crippen LogP contribution >= 0.6 is 12.4 Å². The van der Waals surface area contributed by atoms with E-state index in [0.717, 1.165) is 6.54 Å². The van der Waals surface area contributed by atoms with Gasteiger partial charge in [0.25, 0.3) is 0 Å². The van der Waals surface area contributed by atoms with Gasteiger partial charge in [0.15, 0.2) is 0 Å². The fraction of sp³-hybridized carbons (Fsp3) is 0.667. The summed E-state index contributed by atoms with van der Waals surface area (Å²) in [7, 11) is 1.85. The summed E-state index contributed by atoms with van der Waals surface area (Å²) in [4.78, 5) is 11.7. The highest BCUT2D eigenvalue weighted by Gasteiger charge is 2.12. The third kappa shape index (κ3) is 6.02. The number of carbonyl (C=O) groups excluding carboxylic acids is 1. The normalized spacial score (nSPS) is 13.5. The minimum absolute atomic E-state index is 0. The van der Waals surface area contributed by atoms with Crippen LogP contribution in [0.25, 0.3) is 0 Å². The predicted molar refractivity (Wildman–Crippen MR) is 74.7 cm³/mol. The molecular weight excluding hydrogens is 252 g/mol. The van der Waals surface area contributed by atoms with Gasteiger partial charge in [-0.2, -0.15) is 5.10 Å². The Bertz CT molecular complexity index is 329. The van der Waals surface area contributed by atoms with Crippen molar-refractivity contribution in [3.8, 4) is 0 Å². The third-order valence-electron chi connectivity index (χ3n) is 2.64. The van der Waals surface area contributed by atoms with Crippen LogP contribution in [0.1, 0.15) is 13.8 Å². The first-order valence-corrected chi connectivity index (χ1v) is 6.03. The number of aromatic nitrogens is 2. The van der Waals surface area contributed by atoms with Crippen LogP contribution in [0.4, 0.5) is 0 Å². The molecule has 2 unspecified atom stereocenters. The number of carbonyl (C=O) groups is 1. The van der Waals surface area contributed by atoms with Gasteiger partial charge >= 0.3 is 0 Å².